The van der Waals surface area contributed by atoms with E-state index in [9.17, 15) is 29.7 Å². The highest BCUT2D eigenvalue weighted by atomic mass is 16.5. The molecule has 0 amide bonds. The third-order valence-electron chi connectivity index (χ3n) is 12.0. The number of rotatable bonds is 21. The van der Waals surface area contributed by atoms with Gasteiger partial charge in [-0.15, -0.1) is 0 Å². The Hall–Kier alpha value is -4.29. The number of benzene rings is 3. The van der Waals surface area contributed by atoms with Crippen LogP contribution in [0.4, 0.5) is 0 Å². The Balaban J connectivity index is 1.12. The normalized spacial score (nSPS) is 21.4. The molecular weight excluding hydrogens is 697 g/mol. The fraction of sp³-hybridized carbons (Fsp3) is 0.523. The van der Waals surface area contributed by atoms with Crippen molar-refractivity contribution in [3.63, 3.8) is 0 Å². The zero-order valence-electron chi connectivity index (χ0n) is 31.8. The molecule has 3 aromatic carbocycles. The number of hydrogen-bond donors (Lipinski definition) is 6. The number of ether oxygens (including phenoxy) is 1. The first kappa shape index (κ1) is 40.4. The van der Waals surface area contributed by atoms with Gasteiger partial charge in [0.05, 0.1) is 17.8 Å². The van der Waals surface area contributed by atoms with Gasteiger partial charge in [-0.3, -0.25) is 19.3 Å². The molecule has 0 saturated carbocycles. The first-order valence-electron chi connectivity index (χ1n) is 20.1. The van der Waals surface area contributed by atoms with Gasteiger partial charge in [0.2, 0.25) is 0 Å². The van der Waals surface area contributed by atoms with Crippen molar-refractivity contribution in [3.8, 4) is 5.75 Å². The van der Waals surface area contributed by atoms with Gasteiger partial charge in [-0.1, -0.05) is 60.7 Å². The molecule has 0 aliphatic carbocycles. The zero-order valence-corrected chi connectivity index (χ0v) is 31.8. The number of carboxylic acids is 3. The summed E-state index contributed by atoms with van der Waals surface area (Å²) in [4.78, 5) is 38.9. The maximum absolute atomic E-state index is 12.2. The van der Waals surface area contributed by atoms with Gasteiger partial charge < -0.3 is 36.0 Å². The van der Waals surface area contributed by atoms with Crippen LogP contribution in [0.1, 0.15) is 47.1 Å². The minimum absolute atomic E-state index is 0.118. The molecule has 6 N–H and O–H groups in total. The van der Waals surface area contributed by atoms with Crippen molar-refractivity contribution in [1.82, 2.24) is 20.9 Å². The van der Waals surface area contributed by atoms with Crippen LogP contribution in [0.25, 0.3) is 0 Å². The van der Waals surface area contributed by atoms with E-state index in [1.165, 1.54) is 0 Å². The molecule has 0 spiro atoms. The van der Waals surface area contributed by atoms with Crippen LogP contribution >= 0.6 is 0 Å². The van der Waals surface area contributed by atoms with Gasteiger partial charge in [-0.2, -0.15) is 0 Å². The lowest BCUT2D eigenvalue weighted by Crippen LogP contribution is -2.30. The van der Waals surface area contributed by atoms with Crippen molar-refractivity contribution < 1.29 is 34.4 Å². The summed E-state index contributed by atoms with van der Waals surface area (Å²) >= 11 is 0. The number of carboxylic acid groups (broad SMARTS) is 3. The largest absolute Gasteiger partial charge is 0.492 e. The van der Waals surface area contributed by atoms with Gasteiger partial charge >= 0.3 is 17.9 Å². The summed E-state index contributed by atoms with van der Waals surface area (Å²) in [6.07, 6.45) is 4.87. The molecule has 3 aromatic rings. The predicted molar refractivity (Wildman–Crippen MR) is 211 cm³/mol. The van der Waals surface area contributed by atoms with E-state index in [0.29, 0.717) is 44.7 Å². The molecule has 3 fully saturated rings. The van der Waals surface area contributed by atoms with Gasteiger partial charge in [0.25, 0.3) is 0 Å². The Bertz CT molecular complexity index is 1720. The summed E-state index contributed by atoms with van der Waals surface area (Å²) in [5.74, 6) is -2.42. The van der Waals surface area contributed by atoms with Crippen LogP contribution in [0.15, 0.2) is 72.8 Å². The SMILES string of the molecule is O=C(O)[C@@H](Cc1cccc(CCN(CCOc2cccc(C[C@H](C(=O)O)[C@H]3CCNC3)c2)Cc2cccc(C[C@H](C(=O)O)[C@H]3CCNC3)c2)c1)[C@H]1CCNC1. The van der Waals surface area contributed by atoms with Crippen LogP contribution in [-0.2, 0) is 46.6 Å². The summed E-state index contributed by atoms with van der Waals surface area (Å²) < 4.78 is 6.29. The summed E-state index contributed by atoms with van der Waals surface area (Å²) in [6, 6.07) is 24.4. The van der Waals surface area contributed by atoms with Gasteiger partial charge in [0, 0.05) is 19.6 Å². The van der Waals surface area contributed by atoms with Crippen LogP contribution in [0.5, 0.6) is 5.75 Å². The van der Waals surface area contributed by atoms with Crippen LogP contribution in [-0.4, -0.2) is 97.1 Å². The molecular formula is C44H58N4O7. The molecule has 3 heterocycles. The zero-order chi connectivity index (χ0) is 38.6. The van der Waals surface area contributed by atoms with Gasteiger partial charge in [-0.25, -0.2) is 0 Å². The maximum Gasteiger partial charge on any atom is 0.307 e. The van der Waals surface area contributed by atoms with Crippen LogP contribution in [0.2, 0.25) is 0 Å². The maximum atomic E-state index is 12.2. The van der Waals surface area contributed by atoms with Crippen molar-refractivity contribution in [1.29, 1.82) is 0 Å². The highest BCUT2D eigenvalue weighted by Crippen LogP contribution is 2.27. The molecule has 0 aromatic heterocycles. The third kappa shape index (κ3) is 11.9. The van der Waals surface area contributed by atoms with E-state index < -0.39 is 35.7 Å². The molecule has 55 heavy (non-hydrogen) atoms. The third-order valence-corrected chi connectivity index (χ3v) is 12.0. The summed E-state index contributed by atoms with van der Waals surface area (Å²) in [6.45, 7) is 7.27. The molecule has 6 rings (SSSR count). The van der Waals surface area contributed by atoms with Crippen molar-refractivity contribution in [2.45, 2.75) is 51.5 Å². The second-order valence-corrected chi connectivity index (χ2v) is 15.9. The van der Waals surface area contributed by atoms with E-state index in [1.807, 2.05) is 48.5 Å². The summed E-state index contributed by atoms with van der Waals surface area (Å²) in [5.41, 5.74) is 5.28. The Kier molecular flexibility index (Phi) is 14.7. The van der Waals surface area contributed by atoms with Gasteiger partial charge in [0.15, 0.2) is 0 Å². The van der Waals surface area contributed by atoms with Crippen molar-refractivity contribution in [2.75, 3.05) is 59.0 Å². The van der Waals surface area contributed by atoms with Crippen molar-refractivity contribution >= 4 is 17.9 Å². The van der Waals surface area contributed by atoms with Crippen LogP contribution in [0, 0.1) is 35.5 Å². The first-order valence-corrected chi connectivity index (χ1v) is 20.1. The Morgan fingerprint density at radius 1 is 0.600 bits per heavy atom. The number of nitrogens with one attached hydrogen (secondary N) is 3. The smallest absolute Gasteiger partial charge is 0.307 e. The number of carbonyl (C=O) groups is 3. The molecule has 0 bridgehead atoms. The topological polar surface area (TPSA) is 160 Å². The average molecular weight is 755 g/mol. The predicted octanol–water partition coefficient (Wildman–Crippen LogP) is 4.37. The average Bonchev–Trinajstić information content (AvgIpc) is 4.00. The highest BCUT2D eigenvalue weighted by Gasteiger charge is 2.32. The van der Waals surface area contributed by atoms with E-state index >= 15 is 0 Å². The minimum atomic E-state index is -0.757. The molecule has 0 radical (unpaired) electrons. The Labute approximate surface area is 324 Å². The standard InChI is InChI=1S/C44H58N4O7/c49-42(50)39(35-10-14-45-26-35)23-31-5-1-4-30(20-31)13-17-48(29-34-8-2-6-32(21-34)24-40(43(51)52)36-11-15-46-27-36)18-19-55-38-9-3-7-33(22-38)25-41(44(53)54)37-12-16-47-28-37/h1-9,20-22,35-37,39-41,45-47H,10-19,23-29H2,(H,49,50)(H,51,52)(H,53,54)/t35-,36-,37-,39-,40-,41-/m0/s1. The number of aliphatic carboxylic acids is 3. The van der Waals surface area contributed by atoms with Gasteiger partial charge in [-0.05, 0) is 142 Å². The molecule has 0 unspecified atom stereocenters. The fourth-order valence-corrected chi connectivity index (χ4v) is 8.83. The van der Waals surface area contributed by atoms with E-state index in [-0.39, 0.29) is 17.8 Å². The van der Waals surface area contributed by atoms with E-state index in [0.717, 1.165) is 99.3 Å². The quantitative estimate of drug-likeness (QED) is 0.0917. The highest BCUT2D eigenvalue weighted by molar-refractivity contribution is 5.72. The number of hydrogen-bond acceptors (Lipinski definition) is 8. The fourth-order valence-electron chi connectivity index (χ4n) is 8.83. The number of nitrogens with zero attached hydrogens (tertiary/aromatic N) is 1. The van der Waals surface area contributed by atoms with Crippen molar-refractivity contribution in [2.24, 2.45) is 35.5 Å². The molecule has 6 atom stereocenters. The van der Waals surface area contributed by atoms with E-state index in [1.54, 1.807) is 0 Å². The van der Waals surface area contributed by atoms with Crippen molar-refractivity contribution in [3.05, 3.63) is 101 Å². The van der Waals surface area contributed by atoms with E-state index in [2.05, 4.69) is 45.1 Å². The lowest BCUT2D eigenvalue weighted by Gasteiger charge is -2.24. The Morgan fingerprint density at radius 2 is 1.04 bits per heavy atom. The molecule has 11 nitrogen and oxygen atoms in total. The second-order valence-electron chi connectivity index (χ2n) is 15.9. The van der Waals surface area contributed by atoms with Crippen LogP contribution < -0.4 is 20.7 Å². The molecule has 3 saturated heterocycles. The molecule has 11 heteroatoms. The van der Waals surface area contributed by atoms with Gasteiger partial charge in [0.1, 0.15) is 12.4 Å². The van der Waals surface area contributed by atoms with Crippen LogP contribution in [0.3, 0.4) is 0 Å². The molecule has 3 aliphatic heterocycles. The molecule has 3 aliphatic rings. The minimum Gasteiger partial charge on any atom is -0.492 e. The summed E-state index contributed by atoms with van der Waals surface area (Å²) in [5, 5.41) is 39.9. The first-order chi connectivity index (χ1) is 26.7. The lowest BCUT2D eigenvalue weighted by molar-refractivity contribution is -0.144. The molecule has 296 valence electrons. The monoisotopic (exact) mass is 754 g/mol. The summed E-state index contributed by atoms with van der Waals surface area (Å²) in [7, 11) is 0. The lowest BCUT2D eigenvalue weighted by atomic mass is 9.86. The van der Waals surface area contributed by atoms with E-state index in [4.69, 9.17) is 4.74 Å². The Morgan fingerprint density at radius 3 is 1.51 bits per heavy atom. The second kappa shape index (κ2) is 20.0.